The Kier molecular flexibility index (Phi) is 6.08. The first-order valence-electron chi connectivity index (χ1n) is 12.3. The lowest BCUT2D eigenvalue weighted by Crippen LogP contribution is -2.47. The van der Waals surface area contributed by atoms with Crippen molar-refractivity contribution in [3.8, 4) is 11.5 Å². The van der Waals surface area contributed by atoms with Crippen LogP contribution in [-0.2, 0) is 13.1 Å². The van der Waals surface area contributed by atoms with Gasteiger partial charge >= 0.3 is 6.09 Å². The second kappa shape index (κ2) is 9.40. The quantitative estimate of drug-likeness (QED) is 0.513. The van der Waals surface area contributed by atoms with Crippen molar-refractivity contribution < 1.29 is 19.4 Å². The van der Waals surface area contributed by atoms with Crippen LogP contribution in [0.2, 0.25) is 0 Å². The number of rotatable bonds is 5. The average molecular weight is 555 g/mol. The van der Waals surface area contributed by atoms with Gasteiger partial charge in [-0.05, 0) is 35.9 Å². The molecule has 0 aliphatic carbocycles. The number of benzene rings is 1. The van der Waals surface area contributed by atoms with E-state index >= 15 is 0 Å². The van der Waals surface area contributed by atoms with Gasteiger partial charge in [0.2, 0.25) is 0 Å². The Morgan fingerprint density at radius 2 is 1.89 bits per heavy atom. The highest BCUT2D eigenvalue weighted by Gasteiger charge is 2.33. The molecule has 1 amide bonds. The average Bonchev–Trinajstić information content (AvgIpc) is 3.27. The summed E-state index contributed by atoms with van der Waals surface area (Å²) in [5.41, 5.74) is 2.91. The first-order chi connectivity index (χ1) is 17.5. The first-order valence-corrected chi connectivity index (χ1v) is 13.1. The summed E-state index contributed by atoms with van der Waals surface area (Å²) in [7, 11) is 0. The number of ether oxygens (including phenoxy) is 2. The van der Waals surface area contributed by atoms with Gasteiger partial charge in [0.25, 0.3) is 5.56 Å². The molecule has 0 saturated carbocycles. The molecular weight excluding hydrogens is 528 g/mol. The summed E-state index contributed by atoms with van der Waals surface area (Å²) in [6.07, 6.45) is 2.17. The smallest absolute Gasteiger partial charge is 0.407 e. The lowest BCUT2D eigenvalue weighted by atomic mass is 9.97. The zero-order valence-electron chi connectivity index (χ0n) is 19.7. The van der Waals surface area contributed by atoms with Crippen LogP contribution in [0.3, 0.4) is 0 Å². The Bertz CT molecular complexity index is 1380. The minimum Gasteiger partial charge on any atom is -0.486 e. The molecule has 3 aliphatic heterocycles. The van der Waals surface area contributed by atoms with Gasteiger partial charge in [-0.3, -0.25) is 14.7 Å². The largest absolute Gasteiger partial charge is 0.486 e. The molecule has 5 heterocycles. The van der Waals surface area contributed by atoms with Crippen molar-refractivity contribution in [3.05, 3.63) is 62.6 Å². The molecule has 1 atom stereocenters. The number of carbonyl (C=O) groups is 1. The molecule has 6 rings (SSSR count). The Morgan fingerprint density at radius 1 is 1.14 bits per heavy atom. The van der Waals surface area contributed by atoms with Gasteiger partial charge < -0.3 is 24.0 Å². The number of carboxylic acid groups (broad SMARTS) is 1. The van der Waals surface area contributed by atoms with Gasteiger partial charge in [0.1, 0.15) is 13.2 Å². The number of amides is 1. The summed E-state index contributed by atoms with van der Waals surface area (Å²) in [5.74, 6) is 1.43. The molecule has 2 aromatic heterocycles. The topological polar surface area (TPSA) is 97.1 Å². The Labute approximate surface area is 216 Å². The van der Waals surface area contributed by atoms with Crippen LogP contribution >= 0.6 is 15.9 Å². The van der Waals surface area contributed by atoms with Crippen LogP contribution < -0.4 is 15.0 Å². The van der Waals surface area contributed by atoms with Gasteiger partial charge in [0.05, 0.1) is 24.0 Å². The van der Waals surface area contributed by atoms with Gasteiger partial charge in [-0.1, -0.05) is 22.0 Å². The third-order valence-electron chi connectivity index (χ3n) is 7.49. The van der Waals surface area contributed by atoms with Crippen molar-refractivity contribution in [2.45, 2.75) is 37.9 Å². The van der Waals surface area contributed by atoms with E-state index in [1.54, 1.807) is 18.3 Å². The van der Waals surface area contributed by atoms with Crippen LogP contribution in [0.25, 0.3) is 10.9 Å². The van der Waals surface area contributed by atoms with Crippen molar-refractivity contribution in [2.24, 2.45) is 0 Å². The SMILES string of the molecule is O=C(O)N(Cc1cc2c(cn1)OCCO2)C1CCN(CC2Cn3c(=O)ccc4ccc(Br)c2c43)CC1. The normalized spacial score (nSPS) is 19.5. The van der Waals surface area contributed by atoms with Crippen molar-refractivity contribution in [3.63, 3.8) is 0 Å². The fourth-order valence-corrected chi connectivity index (χ4v) is 6.40. The van der Waals surface area contributed by atoms with Crippen LogP contribution in [0.4, 0.5) is 4.79 Å². The van der Waals surface area contributed by atoms with E-state index in [2.05, 4.69) is 31.9 Å². The fraction of sp³-hybridized carbons (Fsp3) is 0.423. The molecule has 1 N–H and O–H groups in total. The summed E-state index contributed by atoms with van der Waals surface area (Å²) in [5, 5.41) is 11.0. The summed E-state index contributed by atoms with van der Waals surface area (Å²) in [6.45, 7) is 4.30. The molecule has 0 radical (unpaired) electrons. The molecule has 10 heteroatoms. The van der Waals surface area contributed by atoms with Crippen LogP contribution in [-0.4, -0.2) is 69.4 Å². The van der Waals surface area contributed by atoms with E-state index in [4.69, 9.17) is 9.47 Å². The highest BCUT2D eigenvalue weighted by atomic mass is 79.9. The number of nitrogens with zero attached hydrogens (tertiary/aromatic N) is 4. The molecular formula is C26H27BrN4O5. The van der Waals surface area contributed by atoms with E-state index in [1.807, 2.05) is 16.7 Å². The standard InChI is InChI=1S/C26H27BrN4O5/c27-20-3-1-16-2-4-23(32)31-14-17(24(20)25(16)31)13-29-7-5-19(6-8-29)30(26(33)34)15-18-11-21-22(12-28-18)36-10-9-35-21/h1-4,11-12,17,19H,5-10,13-15H2,(H,33,34). The summed E-state index contributed by atoms with van der Waals surface area (Å²) in [4.78, 5) is 32.9. The summed E-state index contributed by atoms with van der Waals surface area (Å²) in [6, 6.07) is 9.35. The number of halogens is 1. The minimum atomic E-state index is -0.939. The van der Waals surface area contributed by atoms with E-state index in [0.717, 1.165) is 47.9 Å². The fourth-order valence-electron chi connectivity index (χ4n) is 5.76. The number of hydrogen-bond acceptors (Lipinski definition) is 6. The van der Waals surface area contributed by atoms with Gasteiger partial charge in [-0.2, -0.15) is 0 Å². The predicted octanol–water partition coefficient (Wildman–Crippen LogP) is 3.67. The molecule has 0 bridgehead atoms. The Hall–Kier alpha value is -3.11. The number of aromatic nitrogens is 2. The second-order valence-corrected chi connectivity index (χ2v) is 10.5. The first kappa shape index (κ1) is 23.3. The lowest BCUT2D eigenvalue weighted by molar-refractivity contribution is 0.0837. The van der Waals surface area contributed by atoms with Crippen LogP contribution in [0.15, 0.2) is 45.8 Å². The molecule has 3 aromatic rings. The van der Waals surface area contributed by atoms with E-state index in [1.165, 1.54) is 10.5 Å². The second-order valence-electron chi connectivity index (χ2n) is 9.64. The molecule has 188 valence electrons. The van der Waals surface area contributed by atoms with Crippen LogP contribution in [0, 0.1) is 0 Å². The van der Waals surface area contributed by atoms with Gasteiger partial charge in [-0.25, -0.2) is 4.79 Å². The zero-order chi connectivity index (χ0) is 24.8. The minimum absolute atomic E-state index is 0.0351. The van der Waals surface area contributed by atoms with Gasteiger partial charge in [0, 0.05) is 54.7 Å². The molecule has 1 aromatic carbocycles. The van der Waals surface area contributed by atoms with Crippen molar-refractivity contribution in [1.29, 1.82) is 0 Å². The van der Waals surface area contributed by atoms with Crippen molar-refractivity contribution in [1.82, 2.24) is 19.4 Å². The van der Waals surface area contributed by atoms with Crippen molar-refractivity contribution >= 4 is 32.9 Å². The van der Waals surface area contributed by atoms with E-state index in [-0.39, 0.29) is 24.1 Å². The number of piperidine rings is 1. The summed E-state index contributed by atoms with van der Waals surface area (Å²) >= 11 is 3.71. The highest BCUT2D eigenvalue weighted by Crippen LogP contribution is 2.39. The third-order valence-corrected chi connectivity index (χ3v) is 8.18. The van der Waals surface area contributed by atoms with Gasteiger partial charge in [-0.15, -0.1) is 0 Å². The van der Waals surface area contributed by atoms with Crippen LogP contribution in [0.5, 0.6) is 11.5 Å². The maximum Gasteiger partial charge on any atom is 0.407 e. The van der Waals surface area contributed by atoms with Crippen molar-refractivity contribution in [2.75, 3.05) is 32.8 Å². The van der Waals surface area contributed by atoms with E-state index in [9.17, 15) is 14.7 Å². The molecule has 1 saturated heterocycles. The summed E-state index contributed by atoms with van der Waals surface area (Å²) < 4.78 is 14.1. The molecule has 1 unspecified atom stereocenters. The van der Waals surface area contributed by atoms with E-state index in [0.29, 0.717) is 37.0 Å². The zero-order valence-corrected chi connectivity index (χ0v) is 21.3. The maximum atomic E-state index is 12.5. The maximum absolute atomic E-state index is 12.5. The Morgan fingerprint density at radius 3 is 2.67 bits per heavy atom. The number of pyridine rings is 2. The molecule has 0 spiro atoms. The predicted molar refractivity (Wildman–Crippen MR) is 137 cm³/mol. The van der Waals surface area contributed by atoms with E-state index < -0.39 is 6.09 Å². The third kappa shape index (κ3) is 4.22. The number of fused-ring (bicyclic) bond motifs is 1. The molecule has 3 aliphatic rings. The highest BCUT2D eigenvalue weighted by molar-refractivity contribution is 9.10. The Balaban J connectivity index is 1.12. The monoisotopic (exact) mass is 554 g/mol. The van der Waals surface area contributed by atoms with Gasteiger partial charge in [0.15, 0.2) is 11.5 Å². The van der Waals surface area contributed by atoms with Crippen LogP contribution in [0.1, 0.15) is 30.0 Å². The number of likely N-dealkylation sites (tertiary alicyclic amines) is 1. The molecule has 9 nitrogen and oxygen atoms in total. The number of hydrogen-bond donors (Lipinski definition) is 1. The lowest BCUT2D eigenvalue weighted by Gasteiger charge is -2.38. The molecule has 1 fully saturated rings. The molecule has 36 heavy (non-hydrogen) atoms.